The summed E-state index contributed by atoms with van der Waals surface area (Å²) in [4.78, 5) is 19.1. The first-order valence-electron chi connectivity index (χ1n) is 8.61. The zero-order chi connectivity index (χ0) is 18.1. The molecule has 0 aliphatic carbocycles. The second-order valence-electron chi connectivity index (χ2n) is 6.26. The average molecular weight is 361 g/mol. The average Bonchev–Trinajstić information content (AvgIpc) is 2.61. The lowest BCUT2D eigenvalue weighted by atomic mass is 10.0. The quantitative estimate of drug-likeness (QED) is 0.463. The van der Waals surface area contributed by atoms with E-state index in [-0.39, 0.29) is 5.78 Å². The molecule has 0 fully saturated rings. The van der Waals surface area contributed by atoms with Crippen molar-refractivity contribution < 1.29 is 9.53 Å². The number of carbonyl (C=O) groups excluding carboxylic acids is 1. The number of unbranched alkanes of at least 4 members (excludes halogenated alkanes) is 3. The van der Waals surface area contributed by atoms with Crippen molar-refractivity contribution in [1.29, 1.82) is 0 Å². The van der Waals surface area contributed by atoms with Gasteiger partial charge in [-0.3, -0.25) is 4.79 Å². The minimum Gasteiger partial charge on any atom is -0.477 e. The lowest BCUT2D eigenvalue weighted by molar-refractivity contribution is 0.103. The van der Waals surface area contributed by atoms with E-state index < -0.39 is 0 Å². The fourth-order valence-corrected chi connectivity index (χ4v) is 2.61. The molecule has 1 heterocycles. The van der Waals surface area contributed by atoms with Crippen LogP contribution in [0.15, 0.2) is 42.6 Å². The van der Waals surface area contributed by atoms with Gasteiger partial charge in [0.2, 0.25) is 5.88 Å². The maximum Gasteiger partial charge on any atom is 0.224 e. The van der Waals surface area contributed by atoms with Crippen LogP contribution in [0.4, 0.5) is 0 Å². The van der Waals surface area contributed by atoms with Gasteiger partial charge >= 0.3 is 0 Å². The van der Waals surface area contributed by atoms with Crippen molar-refractivity contribution in [3.63, 3.8) is 0 Å². The van der Waals surface area contributed by atoms with Crippen LogP contribution in [-0.2, 0) is 0 Å². The van der Waals surface area contributed by atoms with E-state index in [4.69, 9.17) is 16.3 Å². The number of ketones is 1. The summed E-state index contributed by atoms with van der Waals surface area (Å²) in [5.41, 5.74) is 1.06. The predicted octanol–water partition coefficient (Wildman–Crippen LogP) is 4.47. The number of carbonyl (C=O) groups is 1. The topological polar surface area (TPSA) is 42.4 Å². The highest BCUT2D eigenvalue weighted by Crippen LogP contribution is 2.20. The number of hydrogen-bond donors (Lipinski definition) is 0. The molecule has 0 aliphatic heterocycles. The van der Waals surface area contributed by atoms with Crippen molar-refractivity contribution in [2.45, 2.75) is 25.7 Å². The Kier molecular flexibility index (Phi) is 7.89. The smallest absolute Gasteiger partial charge is 0.224 e. The molecule has 0 radical (unpaired) electrons. The SMILES string of the molecule is CN(C)CCCCCCOc1ncccc1C(=O)c1ccc(Cl)cc1. The minimum absolute atomic E-state index is 0.106. The van der Waals surface area contributed by atoms with Crippen LogP contribution in [0.3, 0.4) is 0 Å². The van der Waals surface area contributed by atoms with Crippen molar-refractivity contribution in [3.8, 4) is 5.88 Å². The van der Waals surface area contributed by atoms with Crippen LogP contribution in [0, 0.1) is 0 Å². The zero-order valence-corrected chi connectivity index (χ0v) is 15.6. The molecule has 0 N–H and O–H groups in total. The van der Waals surface area contributed by atoms with Crippen LogP contribution in [0.2, 0.25) is 5.02 Å². The molecular formula is C20H25ClN2O2. The molecule has 4 nitrogen and oxygen atoms in total. The highest BCUT2D eigenvalue weighted by Gasteiger charge is 2.15. The van der Waals surface area contributed by atoms with Crippen molar-refractivity contribution in [2.75, 3.05) is 27.2 Å². The maximum absolute atomic E-state index is 12.6. The Labute approximate surface area is 154 Å². The number of pyridine rings is 1. The molecule has 0 bridgehead atoms. The third-order valence-corrected chi connectivity index (χ3v) is 4.11. The molecule has 1 aromatic carbocycles. The Bertz CT molecular complexity index is 672. The number of nitrogens with zero attached hydrogens (tertiary/aromatic N) is 2. The number of hydrogen-bond acceptors (Lipinski definition) is 4. The van der Waals surface area contributed by atoms with Crippen LogP contribution in [-0.4, -0.2) is 42.9 Å². The normalized spacial score (nSPS) is 10.9. The fraction of sp³-hybridized carbons (Fsp3) is 0.400. The summed E-state index contributed by atoms with van der Waals surface area (Å²) in [6.45, 7) is 1.68. The predicted molar refractivity (Wildman–Crippen MR) is 102 cm³/mol. The number of benzene rings is 1. The molecule has 0 saturated carbocycles. The molecule has 0 amide bonds. The molecule has 134 valence electrons. The van der Waals surface area contributed by atoms with Crippen molar-refractivity contribution in [1.82, 2.24) is 9.88 Å². The summed E-state index contributed by atoms with van der Waals surface area (Å²) < 4.78 is 5.76. The Morgan fingerprint density at radius 3 is 2.52 bits per heavy atom. The summed E-state index contributed by atoms with van der Waals surface area (Å²) in [5.74, 6) is 0.293. The minimum atomic E-state index is -0.106. The van der Waals surface area contributed by atoms with Gasteiger partial charge < -0.3 is 9.64 Å². The van der Waals surface area contributed by atoms with E-state index in [9.17, 15) is 4.79 Å². The van der Waals surface area contributed by atoms with E-state index >= 15 is 0 Å². The zero-order valence-electron chi connectivity index (χ0n) is 14.9. The molecule has 0 spiro atoms. The first-order chi connectivity index (χ1) is 12.1. The van der Waals surface area contributed by atoms with Crippen LogP contribution < -0.4 is 4.74 Å². The first kappa shape index (κ1) is 19.4. The molecule has 0 aliphatic rings. The van der Waals surface area contributed by atoms with Gasteiger partial charge in [-0.1, -0.05) is 24.4 Å². The number of rotatable bonds is 10. The molecule has 2 rings (SSSR count). The molecule has 0 saturated heterocycles. The van der Waals surface area contributed by atoms with E-state index in [2.05, 4.69) is 24.0 Å². The molecule has 1 aromatic heterocycles. The van der Waals surface area contributed by atoms with Gasteiger partial charge in [0.15, 0.2) is 5.78 Å². The van der Waals surface area contributed by atoms with Gasteiger partial charge in [-0.15, -0.1) is 0 Å². The van der Waals surface area contributed by atoms with Gasteiger partial charge in [-0.05, 0) is 69.9 Å². The lowest BCUT2D eigenvalue weighted by Crippen LogP contribution is -2.12. The summed E-state index contributed by atoms with van der Waals surface area (Å²) in [6, 6.07) is 10.3. The highest BCUT2D eigenvalue weighted by atomic mass is 35.5. The van der Waals surface area contributed by atoms with Gasteiger partial charge in [0.25, 0.3) is 0 Å². The number of ether oxygens (including phenoxy) is 1. The van der Waals surface area contributed by atoms with Gasteiger partial charge in [-0.2, -0.15) is 0 Å². The lowest BCUT2D eigenvalue weighted by Gasteiger charge is -2.10. The Balaban J connectivity index is 1.88. The third-order valence-electron chi connectivity index (χ3n) is 3.86. The molecule has 2 aromatic rings. The fourth-order valence-electron chi connectivity index (χ4n) is 2.49. The van der Waals surface area contributed by atoms with Crippen molar-refractivity contribution in [2.24, 2.45) is 0 Å². The van der Waals surface area contributed by atoms with E-state index in [1.165, 1.54) is 12.8 Å². The summed E-state index contributed by atoms with van der Waals surface area (Å²) >= 11 is 5.88. The number of aromatic nitrogens is 1. The van der Waals surface area contributed by atoms with E-state index in [1.807, 2.05) is 0 Å². The van der Waals surface area contributed by atoms with Crippen LogP contribution in [0.1, 0.15) is 41.6 Å². The molecule has 0 unspecified atom stereocenters. The Morgan fingerprint density at radius 2 is 1.80 bits per heavy atom. The van der Waals surface area contributed by atoms with Crippen LogP contribution in [0.25, 0.3) is 0 Å². The Hall–Kier alpha value is -1.91. The maximum atomic E-state index is 12.6. The first-order valence-corrected chi connectivity index (χ1v) is 8.98. The van der Waals surface area contributed by atoms with E-state index in [1.54, 1.807) is 42.6 Å². The van der Waals surface area contributed by atoms with Gasteiger partial charge in [-0.25, -0.2) is 4.98 Å². The van der Waals surface area contributed by atoms with Gasteiger partial charge in [0, 0.05) is 16.8 Å². The molecule has 0 atom stereocenters. The molecule has 5 heteroatoms. The summed E-state index contributed by atoms with van der Waals surface area (Å²) in [6.07, 6.45) is 6.09. The van der Waals surface area contributed by atoms with Crippen LogP contribution in [0.5, 0.6) is 5.88 Å². The van der Waals surface area contributed by atoms with Crippen molar-refractivity contribution in [3.05, 3.63) is 58.7 Å². The van der Waals surface area contributed by atoms with E-state index in [0.29, 0.717) is 28.6 Å². The van der Waals surface area contributed by atoms with Gasteiger partial charge in [0.1, 0.15) is 0 Å². The third kappa shape index (κ3) is 6.48. The van der Waals surface area contributed by atoms with Crippen molar-refractivity contribution >= 4 is 17.4 Å². The number of halogens is 1. The largest absolute Gasteiger partial charge is 0.477 e. The molecule has 25 heavy (non-hydrogen) atoms. The monoisotopic (exact) mass is 360 g/mol. The summed E-state index contributed by atoms with van der Waals surface area (Å²) in [7, 11) is 4.17. The highest BCUT2D eigenvalue weighted by molar-refractivity contribution is 6.30. The van der Waals surface area contributed by atoms with Gasteiger partial charge in [0.05, 0.1) is 12.2 Å². The van der Waals surface area contributed by atoms with Crippen LogP contribution >= 0.6 is 11.6 Å². The Morgan fingerprint density at radius 1 is 1.08 bits per heavy atom. The molecular weight excluding hydrogens is 336 g/mol. The second-order valence-corrected chi connectivity index (χ2v) is 6.69. The summed E-state index contributed by atoms with van der Waals surface area (Å²) in [5, 5.41) is 0.605. The van der Waals surface area contributed by atoms with E-state index in [0.717, 1.165) is 19.4 Å². The standard InChI is InChI=1S/C20H25ClN2O2/c1-23(2)14-5-3-4-6-15-25-20-18(8-7-13-22-20)19(24)16-9-11-17(21)12-10-16/h7-13H,3-6,14-15H2,1-2H3. The second kappa shape index (κ2) is 10.2.